The number of ether oxygens (including phenoxy) is 2. The van der Waals surface area contributed by atoms with Gasteiger partial charge >= 0.3 is 0 Å². The van der Waals surface area contributed by atoms with Gasteiger partial charge in [0.15, 0.2) is 0 Å². The molecule has 0 aliphatic carbocycles. The standard InChI is InChI=1S/C19H17N5O3S/c1-25-14-8-9-15(16(10-14)26-2)18-21-17(27-23-18)11-28-19-20-12-24(22-19)13-6-4-3-5-7-13/h3-10,12H,11H2,1-2H3. The molecule has 2 heterocycles. The van der Waals surface area contributed by atoms with E-state index in [0.717, 1.165) is 11.3 Å². The molecule has 142 valence electrons. The third kappa shape index (κ3) is 3.84. The van der Waals surface area contributed by atoms with Gasteiger partial charge in [-0.15, -0.1) is 5.10 Å². The second-order valence-electron chi connectivity index (χ2n) is 5.67. The van der Waals surface area contributed by atoms with Crippen LogP contribution in [0.1, 0.15) is 5.89 Å². The number of benzene rings is 2. The molecule has 9 heteroatoms. The molecule has 0 unspecified atom stereocenters. The van der Waals surface area contributed by atoms with Gasteiger partial charge in [0.25, 0.3) is 0 Å². The minimum atomic E-state index is 0.456. The van der Waals surface area contributed by atoms with Crippen molar-refractivity contribution >= 4 is 11.8 Å². The molecule has 8 nitrogen and oxygen atoms in total. The van der Waals surface area contributed by atoms with Gasteiger partial charge in [-0.05, 0) is 24.3 Å². The van der Waals surface area contributed by atoms with Crippen LogP contribution in [0.2, 0.25) is 0 Å². The molecular formula is C19H17N5O3S. The van der Waals surface area contributed by atoms with E-state index in [-0.39, 0.29) is 0 Å². The van der Waals surface area contributed by atoms with Gasteiger partial charge in [-0.2, -0.15) is 4.98 Å². The maximum absolute atomic E-state index is 5.40. The average molecular weight is 395 g/mol. The van der Waals surface area contributed by atoms with E-state index in [0.29, 0.717) is 34.1 Å². The van der Waals surface area contributed by atoms with Crippen LogP contribution < -0.4 is 9.47 Å². The first-order valence-corrected chi connectivity index (χ1v) is 9.40. The van der Waals surface area contributed by atoms with Crippen molar-refractivity contribution in [3.63, 3.8) is 0 Å². The Bertz CT molecular complexity index is 1060. The highest BCUT2D eigenvalue weighted by atomic mass is 32.2. The van der Waals surface area contributed by atoms with Crippen molar-refractivity contribution in [3.05, 3.63) is 60.7 Å². The molecule has 4 aromatic rings. The van der Waals surface area contributed by atoms with Crippen LogP contribution in [0.25, 0.3) is 17.1 Å². The molecule has 0 radical (unpaired) electrons. The maximum Gasteiger partial charge on any atom is 0.237 e. The summed E-state index contributed by atoms with van der Waals surface area (Å²) in [5, 5.41) is 9.13. The van der Waals surface area contributed by atoms with E-state index >= 15 is 0 Å². The van der Waals surface area contributed by atoms with Gasteiger partial charge in [0, 0.05) is 6.07 Å². The minimum Gasteiger partial charge on any atom is -0.497 e. The minimum absolute atomic E-state index is 0.456. The second-order valence-corrected chi connectivity index (χ2v) is 6.62. The molecule has 0 atom stereocenters. The highest BCUT2D eigenvalue weighted by molar-refractivity contribution is 7.98. The molecule has 0 aliphatic heterocycles. The van der Waals surface area contributed by atoms with Crippen LogP contribution in [-0.4, -0.2) is 39.1 Å². The van der Waals surface area contributed by atoms with Crippen molar-refractivity contribution in [3.8, 4) is 28.6 Å². The summed E-state index contributed by atoms with van der Waals surface area (Å²) in [4.78, 5) is 8.75. The van der Waals surface area contributed by atoms with Crippen LogP contribution in [0, 0.1) is 0 Å². The molecule has 28 heavy (non-hydrogen) atoms. The molecule has 0 amide bonds. The molecule has 2 aromatic heterocycles. The van der Waals surface area contributed by atoms with Crippen LogP contribution in [0.15, 0.2) is 64.5 Å². The Morgan fingerprint density at radius 1 is 1.07 bits per heavy atom. The van der Waals surface area contributed by atoms with Crippen LogP contribution in [0.4, 0.5) is 0 Å². The van der Waals surface area contributed by atoms with E-state index in [1.54, 1.807) is 31.3 Å². The number of methoxy groups -OCH3 is 2. The number of aromatic nitrogens is 5. The summed E-state index contributed by atoms with van der Waals surface area (Å²) in [6.45, 7) is 0. The van der Waals surface area contributed by atoms with Crippen LogP contribution in [0.3, 0.4) is 0 Å². The Morgan fingerprint density at radius 2 is 1.93 bits per heavy atom. The van der Waals surface area contributed by atoms with E-state index < -0.39 is 0 Å². The van der Waals surface area contributed by atoms with E-state index in [4.69, 9.17) is 14.0 Å². The number of hydrogen-bond donors (Lipinski definition) is 0. The highest BCUT2D eigenvalue weighted by Gasteiger charge is 2.15. The number of hydrogen-bond acceptors (Lipinski definition) is 8. The Balaban J connectivity index is 1.45. The van der Waals surface area contributed by atoms with Crippen LogP contribution in [0.5, 0.6) is 11.5 Å². The Hall–Kier alpha value is -3.33. The molecular weight excluding hydrogens is 378 g/mol. The van der Waals surface area contributed by atoms with Crippen molar-refractivity contribution in [1.29, 1.82) is 0 Å². The summed E-state index contributed by atoms with van der Waals surface area (Å²) in [5.74, 6) is 2.71. The lowest BCUT2D eigenvalue weighted by Crippen LogP contribution is -1.93. The first-order valence-electron chi connectivity index (χ1n) is 8.41. The third-order valence-electron chi connectivity index (χ3n) is 3.93. The molecule has 0 spiro atoms. The normalized spacial score (nSPS) is 10.8. The molecule has 0 saturated heterocycles. The van der Waals surface area contributed by atoms with E-state index in [9.17, 15) is 0 Å². The van der Waals surface area contributed by atoms with Gasteiger partial charge in [-0.25, -0.2) is 9.67 Å². The SMILES string of the molecule is COc1ccc(-c2noc(CSc3ncn(-c4ccccc4)n3)n2)c(OC)c1. The fraction of sp³-hybridized carbons (Fsp3) is 0.158. The number of nitrogens with zero attached hydrogens (tertiary/aromatic N) is 5. The lowest BCUT2D eigenvalue weighted by molar-refractivity contribution is 0.388. The first-order chi connectivity index (χ1) is 13.8. The number of thioether (sulfide) groups is 1. The molecule has 0 N–H and O–H groups in total. The number of rotatable bonds is 7. The Labute approximate surface area is 165 Å². The fourth-order valence-electron chi connectivity index (χ4n) is 2.55. The van der Waals surface area contributed by atoms with Gasteiger partial charge in [-0.1, -0.05) is 35.1 Å². The molecule has 0 bridgehead atoms. The molecule has 4 rings (SSSR count). The van der Waals surface area contributed by atoms with Crippen molar-refractivity contribution in [2.75, 3.05) is 14.2 Å². The van der Waals surface area contributed by atoms with Crippen LogP contribution >= 0.6 is 11.8 Å². The highest BCUT2D eigenvalue weighted by Crippen LogP contribution is 2.32. The van der Waals surface area contributed by atoms with Gasteiger partial charge in [0.05, 0.1) is 31.2 Å². The van der Waals surface area contributed by atoms with Crippen molar-refractivity contribution in [1.82, 2.24) is 24.9 Å². The topological polar surface area (TPSA) is 88.1 Å². The lowest BCUT2D eigenvalue weighted by atomic mass is 10.2. The summed E-state index contributed by atoms with van der Waals surface area (Å²) in [6, 6.07) is 15.2. The summed E-state index contributed by atoms with van der Waals surface area (Å²) in [7, 11) is 3.19. The quantitative estimate of drug-likeness (QED) is 0.438. The zero-order chi connectivity index (χ0) is 19.3. The van der Waals surface area contributed by atoms with E-state index in [1.807, 2.05) is 42.5 Å². The van der Waals surface area contributed by atoms with Crippen molar-refractivity contribution in [2.24, 2.45) is 0 Å². The third-order valence-corrected chi connectivity index (χ3v) is 4.77. The van der Waals surface area contributed by atoms with Gasteiger partial charge < -0.3 is 14.0 Å². The van der Waals surface area contributed by atoms with Gasteiger partial charge in [-0.3, -0.25) is 0 Å². The second kappa shape index (κ2) is 8.13. The smallest absolute Gasteiger partial charge is 0.237 e. The van der Waals surface area contributed by atoms with E-state index in [1.165, 1.54) is 11.8 Å². The predicted octanol–water partition coefficient (Wildman–Crippen LogP) is 3.63. The fourth-order valence-corrected chi connectivity index (χ4v) is 3.19. The van der Waals surface area contributed by atoms with E-state index in [2.05, 4.69) is 20.2 Å². The molecule has 0 fully saturated rings. The summed E-state index contributed by atoms with van der Waals surface area (Å²) < 4.78 is 17.7. The first kappa shape index (κ1) is 18.1. The maximum atomic E-state index is 5.40. The van der Waals surface area contributed by atoms with Crippen LogP contribution in [-0.2, 0) is 5.75 Å². The summed E-state index contributed by atoms with van der Waals surface area (Å²) in [6.07, 6.45) is 1.68. The van der Waals surface area contributed by atoms with Crippen molar-refractivity contribution < 1.29 is 14.0 Å². The molecule has 0 saturated carbocycles. The number of para-hydroxylation sites is 1. The molecule has 0 aliphatic rings. The monoisotopic (exact) mass is 395 g/mol. The molecule has 2 aromatic carbocycles. The van der Waals surface area contributed by atoms with Crippen molar-refractivity contribution in [2.45, 2.75) is 10.9 Å². The van der Waals surface area contributed by atoms with Gasteiger partial charge in [0.2, 0.25) is 16.9 Å². The zero-order valence-corrected chi connectivity index (χ0v) is 16.1. The lowest BCUT2D eigenvalue weighted by Gasteiger charge is -2.07. The largest absolute Gasteiger partial charge is 0.497 e. The zero-order valence-electron chi connectivity index (χ0n) is 15.3. The average Bonchev–Trinajstić information content (AvgIpc) is 3.42. The summed E-state index contributed by atoms with van der Waals surface area (Å²) >= 11 is 1.42. The Kier molecular flexibility index (Phi) is 5.24. The predicted molar refractivity (Wildman–Crippen MR) is 104 cm³/mol. The van der Waals surface area contributed by atoms with Gasteiger partial charge in [0.1, 0.15) is 17.8 Å². The summed E-state index contributed by atoms with van der Waals surface area (Å²) in [5.41, 5.74) is 1.68. The Morgan fingerprint density at radius 3 is 2.71 bits per heavy atom.